The first-order valence-electron chi connectivity index (χ1n) is 20.8. The van der Waals surface area contributed by atoms with Gasteiger partial charge in [0.15, 0.2) is 30.7 Å². The van der Waals surface area contributed by atoms with Crippen LogP contribution in [0.4, 0.5) is 0 Å². The lowest BCUT2D eigenvalue weighted by atomic mass is 9.43. The van der Waals surface area contributed by atoms with Crippen molar-refractivity contribution in [3.8, 4) is 0 Å². The van der Waals surface area contributed by atoms with Crippen molar-refractivity contribution in [3.63, 3.8) is 0 Å². The van der Waals surface area contributed by atoms with E-state index in [1.165, 1.54) is 6.92 Å². The van der Waals surface area contributed by atoms with E-state index >= 15 is 0 Å². The molecule has 15 atom stereocenters. The highest BCUT2D eigenvalue weighted by Gasteiger charge is 2.63. The topological polar surface area (TPSA) is 170 Å². The van der Waals surface area contributed by atoms with E-state index in [4.69, 9.17) is 33.2 Å². The van der Waals surface area contributed by atoms with Crippen LogP contribution in [0.1, 0.15) is 111 Å². The molecule has 1 aromatic carbocycles. The molecule has 6 rings (SSSR count). The van der Waals surface area contributed by atoms with E-state index in [-0.39, 0.29) is 34.7 Å². The Hall–Kier alpha value is -3.55. The molecule has 57 heavy (non-hydrogen) atoms. The van der Waals surface area contributed by atoms with Gasteiger partial charge in [0.1, 0.15) is 6.61 Å². The molecule has 1 aromatic rings. The number of benzene rings is 1. The second kappa shape index (κ2) is 17.7. The highest BCUT2D eigenvalue weighted by atomic mass is 16.7. The van der Waals surface area contributed by atoms with Gasteiger partial charge in [-0.3, -0.25) is 19.2 Å². The van der Waals surface area contributed by atoms with Gasteiger partial charge < -0.3 is 38.3 Å². The molecule has 0 unspecified atom stereocenters. The Morgan fingerprint density at radius 1 is 0.825 bits per heavy atom. The first kappa shape index (κ1) is 43.0. The van der Waals surface area contributed by atoms with E-state index in [1.54, 1.807) is 0 Å². The van der Waals surface area contributed by atoms with Gasteiger partial charge in [0.2, 0.25) is 0 Å². The number of fused-ring (bicyclic) bond motifs is 5. The average Bonchev–Trinajstić information content (AvgIpc) is 3.52. The number of esters is 5. The zero-order valence-electron chi connectivity index (χ0n) is 34.5. The van der Waals surface area contributed by atoms with Crippen LogP contribution in [0, 0.1) is 46.3 Å². The summed E-state index contributed by atoms with van der Waals surface area (Å²) in [4.78, 5) is 62.4. The Kier molecular flexibility index (Phi) is 13.4. The fourth-order valence-electron chi connectivity index (χ4n) is 12.0. The molecule has 316 valence electrons. The first-order valence-corrected chi connectivity index (χ1v) is 20.8. The number of hydrogen-bond acceptors (Lipinski definition) is 13. The Labute approximate surface area is 336 Å². The molecule has 4 saturated carbocycles. The second-order valence-corrected chi connectivity index (χ2v) is 17.9. The summed E-state index contributed by atoms with van der Waals surface area (Å²) in [5, 5.41) is 12.0. The summed E-state index contributed by atoms with van der Waals surface area (Å²) in [6.45, 7) is 10.9. The zero-order chi connectivity index (χ0) is 41.2. The Morgan fingerprint density at radius 3 is 2.12 bits per heavy atom. The molecule has 13 nitrogen and oxygen atoms in total. The van der Waals surface area contributed by atoms with Gasteiger partial charge in [0.25, 0.3) is 0 Å². The largest absolute Gasteiger partial charge is 0.467 e. The van der Waals surface area contributed by atoms with Crippen molar-refractivity contribution >= 4 is 29.8 Å². The highest BCUT2D eigenvalue weighted by molar-refractivity contribution is 5.77. The van der Waals surface area contributed by atoms with Crippen LogP contribution in [0.5, 0.6) is 0 Å². The zero-order valence-corrected chi connectivity index (χ0v) is 34.5. The van der Waals surface area contributed by atoms with Crippen LogP contribution >= 0.6 is 0 Å². The maximum Gasteiger partial charge on any atom is 0.339 e. The third-order valence-electron chi connectivity index (χ3n) is 14.6. The van der Waals surface area contributed by atoms with Crippen molar-refractivity contribution in [1.82, 2.24) is 0 Å². The molecule has 0 aromatic heterocycles. The molecule has 13 heteroatoms. The van der Waals surface area contributed by atoms with Crippen LogP contribution in [0.3, 0.4) is 0 Å². The number of aliphatic hydroxyl groups excluding tert-OH is 1. The van der Waals surface area contributed by atoms with Crippen molar-refractivity contribution in [2.24, 2.45) is 46.3 Å². The number of methoxy groups -OCH3 is 1. The first-order chi connectivity index (χ1) is 27.0. The molecular weight excluding hydrogens is 736 g/mol. The standard InChI is InChI=1S/C44H62O13/c1-24(13-16-35(49)52-23-28-11-9-8-10-12-28)31-14-15-32-36-33(18-20-44(31,32)6)43(5)19-17-30(21-29(43)22-34(36)48)56-42-40(55-27(4)47)38(54-26(3)46)37(53-25(2)45)39(57-42)41(50)51-7/h8-12,24,29-34,36-40,42,48H,13-23H2,1-7H3/t24-,29+,30-,31-,32+,33+,34-,36+,37+,38+,39+,40-,42-,43+,44-/m1/s1. The number of rotatable bonds is 12. The third-order valence-corrected chi connectivity index (χ3v) is 14.6. The fraction of sp³-hybridized carbons (Fsp3) is 0.750. The summed E-state index contributed by atoms with van der Waals surface area (Å²) in [5.41, 5.74) is 1.03. The maximum atomic E-state index is 13.0. The fourth-order valence-corrected chi connectivity index (χ4v) is 12.0. The summed E-state index contributed by atoms with van der Waals surface area (Å²) in [5.74, 6) is -1.36. The lowest BCUT2D eigenvalue weighted by Crippen LogP contribution is -2.64. The van der Waals surface area contributed by atoms with Crippen LogP contribution in [0.15, 0.2) is 30.3 Å². The highest BCUT2D eigenvalue weighted by Crippen LogP contribution is 2.68. The number of aliphatic hydroxyl groups is 1. The number of hydrogen-bond donors (Lipinski definition) is 1. The summed E-state index contributed by atoms with van der Waals surface area (Å²) in [6.07, 6.45) is 0.272. The molecule has 5 fully saturated rings. The van der Waals surface area contributed by atoms with Gasteiger partial charge in [-0.1, -0.05) is 51.1 Å². The third kappa shape index (κ3) is 9.05. The van der Waals surface area contributed by atoms with Crippen LogP contribution in [0.25, 0.3) is 0 Å². The van der Waals surface area contributed by atoms with Gasteiger partial charge in [0, 0.05) is 27.2 Å². The summed E-state index contributed by atoms with van der Waals surface area (Å²) in [6, 6.07) is 9.74. The van der Waals surface area contributed by atoms with Crippen molar-refractivity contribution in [3.05, 3.63) is 35.9 Å². The normalized spacial score (nSPS) is 38.9. The van der Waals surface area contributed by atoms with Crippen molar-refractivity contribution in [2.75, 3.05) is 7.11 Å². The number of carbonyl (C=O) groups is 5. The monoisotopic (exact) mass is 798 g/mol. The molecular formula is C44H62O13. The average molecular weight is 799 g/mol. The Morgan fingerprint density at radius 2 is 1.46 bits per heavy atom. The van der Waals surface area contributed by atoms with Gasteiger partial charge in [-0.05, 0) is 110 Å². The Balaban J connectivity index is 1.12. The van der Waals surface area contributed by atoms with E-state index in [0.29, 0.717) is 56.0 Å². The SMILES string of the molecule is COC(=O)[C@H]1O[C@@H](O[C@@H]2CC[C@@]3(C)[C@@H](C2)C[C@@H](O)[C@@H]2[C@@H]3CC[C@]3(C)[C@@H]([C@H](C)CCC(=O)OCc4ccccc4)CC[C@@H]23)[C@H](OC(C)=O)[C@@H](OC(C)=O)[C@@H]1OC(C)=O. The van der Waals surface area contributed by atoms with Crippen molar-refractivity contribution < 1.29 is 62.2 Å². The summed E-state index contributed by atoms with van der Waals surface area (Å²) in [7, 11) is 1.15. The van der Waals surface area contributed by atoms with Crippen molar-refractivity contribution in [1.29, 1.82) is 0 Å². The van der Waals surface area contributed by atoms with E-state index in [1.807, 2.05) is 30.3 Å². The smallest absolute Gasteiger partial charge is 0.339 e. The minimum atomic E-state index is -1.52. The van der Waals surface area contributed by atoms with Crippen LogP contribution in [0.2, 0.25) is 0 Å². The van der Waals surface area contributed by atoms with Gasteiger partial charge in [-0.15, -0.1) is 0 Å². The van der Waals surface area contributed by atoms with Gasteiger partial charge in [0.05, 0.1) is 19.3 Å². The second-order valence-electron chi connectivity index (χ2n) is 17.9. The van der Waals surface area contributed by atoms with E-state index < -0.39 is 60.7 Å². The van der Waals surface area contributed by atoms with Crippen LogP contribution in [-0.4, -0.2) is 85.0 Å². The lowest BCUT2D eigenvalue weighted by Gasteiger charge is -2.62. The molecule has 0 bridgehead atoms. The molecule has 1 saturated heterocycles. The van der Waals surface area contributed by atoms with E-state index in [2.05, 4.69) is 20.8 Å². The predicted molar refractivity (Wildman–Crippen MR) is 203 cm³/mol. The maximum absolute atomic E-state index is 13.0. The molecule has 5 aliphatic rings. The Bertz CT molecular complexity index is 1620. The number of carbonyl (C=O) groups excluding carboxylic acids is 5. The van der Waals surface area contributed by atoms with E-state index in [0.717, 1.165) is 65.0 Å². The quantitative estimate of drug-likeness (QED) is 0.152. The molecule has 1 heterocycles. The van der Waals surface area contributed by atoms with Gasteiger partial charge >= 0.3 is 29.8 Å². The van der Waals surface area contributed by atoms with Crippen molar-refractivity contribution in [2.45, 2.75) is 155 Å². The minimum absolute atomic E-state index is 0.0325. The molecule has 0 spiro atoms. The van der Waals surface area contributed by atoms with Gasteiger partial charge in [-0.2, -0.15) is 0 Å². The van der Waals surface area contributed by atoms with Gasteiger partial charge in [-0.25, -0.2) is 4.79 Å². The predicted octanol–water partition coefficient (Wildman–Crippen LogP) is 5.85. The molecule has 1 aliphatic heterocycles. The molecule has 1 N–H and O–H groups in total. The van der Waals surface area contributed by atoms with E-state index in [9.17, 15) is 29.1 Å². The molecule has 0 radical (unpaired) electrons. The summed E-state index contributed by atoms with van der Waals surface area (Å²) >= 11 is 0. The lowest BCUT2D eigenvalue weighted by molar-refractivity contribution is -0.315. The van der Waals surface area contributed by atoms with Crippen LogP contribution in [-0.2, 0) is 63.7 Å². The van der Waals surface area contributed by atoms with Crippen LogP contribution < -0.4 is 0 Å². The summed E-state index contributed by atoms with van der Waals surface area (Å²) < 4.78 is 39.7. The molecule has 4 aliphatic carbocycles. The number of ether oxygens (including phenoxy) is 7. The minimum Gasteiger partial charge on any atom is -0.467 e. The molecule has 0 amide bonds.